The van der Waals surface area contributed by atoms with E-state index in [4.69, 9.17) is 23.2 Å². The molecule has 1 unspecified atom stereocenters. The quantitative estimate of drug-likeness (QED) is 0.817. The first-order chi connectivity index (χ1) is 11.7. The molecule has 3 rings (SSSR count). The van der Waals surface area contributed by atoms with Crippen molar-refractivity contribution >= 4 is 46.8 Å². The van der Waals surface area contributed by atoms with E-state index < -0.39 is 34.7 Å². The van der Waals surface area contributed by atoms with Crippen molar-refractivity contribution in [2.24, 2.45) is 0 Å². The molecule has 2 heterocycles. The van der Waals surface area contributed by atoms with Crippen LogP contribution in [0.5, 0.6) is 0 Å². The van der Waals surface area contributed by atoms with E-state index in [0.29, 0.717) is 11.6 Å². The normalized spacial score (nSPS) is 18.0. The molecule has 5 nitrogen and oxygen atoms in total. The fourth-order valence-electron chi connectivity index (χ4n) is 2.32. The van der Waals surface area contributed by atoms with E-state index in [1.165, 1.54) is 0 Å². The Labute approximate surface area is 153 Å². The fraction of sp³-hybridized carbons (Fsp3) is 0.214. The molecule has 1 fully saturated rings. The standard InChI is InChI=1S/C14H8Cl2F3N3O2S/c15-6-2-1-3-7(16)11(6)12-22(10(24)5-25-12)13-20-8(14(17,18)19)4-9(23)21-13/h1-4,12H,5H2,(H,20,21,23). The maximum atomic E-state index is 12.9. The average molecular weight is 410 g/mol. The molecule has 25 heavy (non-hydrogen) atoms. The van der Waals surface area contributed by atoms with E-state index >= 15 is 0 Å². The number of anilines is 1. The molecule has 0 radical (unpaired) electrons. The van der Waals surface area contributed by atoms with Crippen LogP contribution in [-0.2, 0) is 11.0 Å². The van der Waals surface area contributed by atoms with Crippen molar-refractivity contribution in [3.8, 4) is 0 Å². The summed E-state index contributed by atoms with van der Waals surface area (Å²) in [7, 11) is 0. The predicted molar refractivity (Wildman–Crippen MR) is 89.0 cm³/mol. The molecule has 0 spiro atoms. The number of carbonyl (C=O) groups is 1. The van der Waals surface area contributed by atoms with Gasteiger partial charge in [0.05, 0.1) is 5.75 Å². The van der Waals surface area contributed by atoms with E-state index in [1.54, 1.807) is 18.2 Å². The zero-order valence-corrected chi connectivity index (χ0v) is 14.4. The van der Waals surface area contributed by atoms with Crippen LogP contribution in [0.1, 0.15) is 16.6 Å². The van der Waals surface area contributed by atoms with Gasteiger partial charge in [0.25, 0.3) is 5.56 Å². The van der Waals surface area contributed by atoms with Crippen molar-refractivity contribution in [1.82, 2.24) is 9.97 Å². The van der Waals surface area contributed by atoms with Gasteiger partial charge in [-0.05, 0) is 12.1 Å². The number of aromatic nitrogens is 2. The van der Waals surface area contributed by atoms with Gasteiger partial charge < -0.3 is 0 Å². The van der Waals surface area contributed by atoms with Crippen LogP contribution in [0.4, 0.5) is 19.1 Å². The third-order valence-corrected chi connectivity index (χ3v) is 5.20. The molecule has 1 N–H and O–H groups in total. The molecule has 1 aromatic carbocycles. The molecule has 1 aliphatic heterocycles. The Bertz CT molecular complexity index is 883. The Morgan fingerprint density at radius 2 is 1.88 bits per heavy atom. The average Bonchev–Trinajstić information content (AvgIpc) is 2.87. The lowest BCUT2D eigenvalue weighted by atomic mass is 10.2. The van der Waals surface area contributed by atoms with Gasteiger partial charge in [0, 0.05) is 21.7 Å². The van der Waals surface area contributed by atoms with Gasteiger partial charge in [0.1, 0.15) is 5.37 Å². The van der Waals surface area contributed by atoms with Crippen molar-refractivity contribution in [2.75, 3.05) is 10.7 Å². The van der Waals surface area contributed by atoms with Crippen molar-refractivity contribution in [1.29, 1.82) is 0 Å². The van der Waals surface area contributed by atoms with Gasteiger partial charge in [-0.1, -0.05) is 29.3 Å². The van der Waals surface area contributed by atoms with E-state index in [-0.39, 0.29) is 15.8 Å². The van der Waals surface area contributed by atoms with Crippen molar-refractivity contribution in [3.63, 3.8) is 0 Å². The van der Waals surface area contributed by atoms with E-state index in [2.05, 4.69) is 9.97 Å². The maximum absolute atomic E-state index is 12.9. The van der Waals surface area contributed by atoms with Crippen molar-refractivity contribution in [3.05, 3.63) is 55.9 Å². The minimum Gasteiger partial charge on any atom is -0.292 e. The highest BCUT2D eigenvalue weighted by Gasteiger charge is 2.40. The number of hydrogen-bond acceptors (Lipinski definition) is 4. The van der Waals surface area contributed by atoms with Crippen LogP contribution in [0.15, 0.2) is 29.1 Å². The lowest BCUT2D eigenvalue weighted by Crippen LogP contribution is -2.32. The Morgan fingerprint density at radius 3 is 2.48 bits per heavy atom. The Morgan fingerprint density at radius 1 is 1.24 bits per heavy atom. The number of carbonyl (C=O) groups excluding carboxylic acids is 1. The van der Waals surface area contributed by atoms with Gasteiger partial charge >= 0.3 is 6.18 Å². The minimum absolute atomic E-state index is 0.0217. The molecule has 0 bridgehead atoms. The third kappa shape index (κ3) is 3.49. The summed E-state index contributed by atoms with van der Waals surface area (Å²) in [5, 5.41) is -0.307. The second-order valence-electron chi connectivity index (χ2n) is 5.01. The molecule has 1 aromatic heterocycles. The predicted octanol–water partition coefficient (Wildman–Crippen LogP) is 3.87. The molecule has 1 atom stereocenters. The summed E-state index contributed by atoms with van der Waals surface area (Å²) < 4.78 is 38.7. The molecule has 1 saturated heterocycles. The second kappa shape index (κ2) is 6.54. The summed E-state index contributed by atoms with van der Waals surface area (Å²) in [5.41, 5.74) is -2.05. The second-order valence-corrected chi connectivity index (χ2v) is 6.90. The van der Waals surface area contributed by atoms with Crippen LogP contribution in [-0.4, -0.2) is 21.6 Å². The van der Waals surface area contributed by atoms with Gasteiger partial charge in [-0.3, -0.25) is 19.5 Å². The van der Waals surface area contributed by atoms with Gasteiger partial charge in [-0.2, -0.15) is 13.2 Å². The van der Waals surface area contributed by atoms with Gasteiger partial charge in [0.15, 0.2) is 5.69 Å². The highest BCUT2D eigenvalue weighted by molar-refractivity contribution is 8.00. The zero-order chi connectivity index (χ0) is 18.4. The number of benzene rings is 1. The monoisotopic (exact) mass is 409 g/mol. The van der Waals surface area contributed by atoms with Gasteiger partial charge in [-0.25, -0.2) is 4.98 Å². The first kappa shape index (κ1) is 18.1. The van der Waals surface area contributed by atoms with Crippen LogP contribution in [0.25, 0.3) is 0 Å². The number of H-pyrrole nitrogens is 1. The van der Waals surface area contributed by atoms with E-state index in [9.17, 15) is 22.8 Å². The van der Waals surface area contributed by atoms with Crippen LogP contribution < -0.4 is 10.5 Å². The summed E-state index contributed by atoms with van der Waals surface area (Å²) in [6, 6.07) is 5.03. The molecular weight excluding hydrogens is 402 g/mol. The van der Waals surface area contributed by atoms with Crippen LogP contribution in [0, 0.1) is 0 Å². The largest absolute Gasteiger partial charge is 0.433 e. The number of nitrogens with one attached hydrogen (secondary N) is 1. The lowest BCUT2D eigenvalue weighted by Gasteiger charge is -2.24. The SMILES string of the molecule is O=C1CSC(c2c(Cl)cccc2Cl)N1c1nc(C(F)(F)F)cc(=O)[nH]1. The van der Waals surface area contributed by atoms with Crippen LogP contribution in [0.3, 0.4) is 0 Å². The smallest absolute Gasteiger partial charge is 0.292 e. The Kier molecular flexibility index (Phi) is 4.74. The van der Waals surface area contributed by atoms with E-state index in [1.807, 2.05) is 0 Å². The molecule has 1 amide bonds. The minimum atomic E-state index is -4.82. The molecule has 0 saturated carbocycles. The topological polar surface area (TPSA) is 66.1 Å². The summed E-state index contributed by atoms with van der Waals surface area (Å²) in [4.78, 5) is 30.4. The summed E-state index contributed by atoms with van der Waals surface area (Å²) in [6.07, 6.45) is -4.82. The number of alkyl halides is 3. The van der Waals surface area contributed by atoms with Gasteiger partial charge in [0.2, 0.25) is 11.9 Å². The zero-order valence-electron chi connectivity index (χ0n) is 12.1. The van der Waals surface area contributed by atoms with Crippen LogP contribution in [0.2, 0.25) is 10.0 Å². The number of amides is 1. The van der Waals surface area contributed by atoms with Crippen molar-refractivity contribution in [2.45, 2.75) is 11.6 Å². The molecular formula is C14H8Cl2F3N3O2S. The first-order valence-corrected chi connectivity index (χ1v) is 8.55. The summed E-state index contributed by atoms with van der Waals surface area (Å²) in [5.74, 6) is -1.05. The highest BCUT2D eigenvalue weighted by atomic mass is 35.5. The summed E-state index contributed by atoms with van der Waals surface area (Å²) in [6.45, 7) is 0. The number of halogens is 5. The molecule has 2 aromatic rings. The number of rotatable bonds is 2. The molecule has 11 heteroatoms. The number of aromatic amines is 1. The third-order valence-electron chi connectivity index (χ3n) is 3.36. The molecule has 132 valence electrons. The van der Waals surface area contributed by atoms with Crippen molar-refractivity contribution < 1.29 is 18.0 Å². The Hall–Kier alpha value is -1.71. The van der Waals surface area contributed by atoms with E-state index in [0.717, 1.165) is 16.7 Å². The fourth-order valence-corrected chi connectivity index (χ4v) is 4.28. The van der Waals surface area contributed by atoms with Gasteiger partial charge in [-0.15, -0.1) is 11.8 Å². The number of hydrogen-bond donors (Lipinski definition) is 1. The first-order valence-electron chi connectivity index (χ1n) is 6.74. The number of nitrogens with zero attached hydrogens (tertiary/aromatic N) is 2. The molecule has 1 aliphatic rings. The highest BCUT2D eigenvalue weighted by Crippen LogP contribution is 2.45. The molecule has 0 aliphatic carbocycles. The summed E-state index contributed by atoms with van der Waals surface area (Å²) >= 11 is 13.4. The lowest BCUT2D eigenvalue weighted by molar-refractivity contribution is -0.141. The maximum Gasteiger partial charge on any atom is 0.433 e. The number of thioether (sulfide) groups is 1. The Balaban J connectivity index is 2.13. The van der Waals surface area contributed by atoms with Crippen LogP contribution >= 0.6 is 35.0 Å².